The topological polar surface area (TPSA) is 98.8 Å². The first-order valence-corrected chi connectivity index (χ1v) is 6.14. The van der Waals surface area contributed by atoms with Gasteiger partial charge in [-0.25, -0.2) is 0 Å². The Hall–Kier alpha value is -2.35. The first kappa shape index (κ1) is 14.1. The first-order valence-electron chi connectivity index (χ1n) is 6.14. The van der Waals surface area contributed by atoms with Crippen LogP contribution in [-0.2, 0) is 6.54 Å². The summed E-state index contributed by atoms with van der Waals surface area (Å²) in [7, 11) is 0. The van der Waals surface area contributed by atoms with Gasteiger partial charge in [0.2, 0.25) is 0 Å². The Morgan fingerprint density at radius 1 is 1.40 bits per heavy atom. The number of hydrogen-bond donors (Lipinski definition) is 1. The van der Waals surface area contributed by atoms with Gasteiger partial charge in [-0.2, -0.15) is 4.68 Å². The minimum absolute atomic E-state index is 0.00716. The minimum atomic E-state index is -0.444. The van der Waals surface area contributed by atoms with Crippen molar-refractivity contribution in [3.63, 3.8) is 0 Å². The fourth-order valence-electron chi connectivity index (χ4n) is 1.60. The molecule has 1 aromatic carbocycles. The number of nitro groups is 1. The molecule has 1 N–H and O–H groups in total. The fourth-order valence-corrected chi connectivity index (χ4v) is 1.60. The molecule has 0 bridgehead atoms. The third-order valence-electron chi connectivity index (χ3n) is 2.60. The number of nitrogens with zero attached hydrogens (tertiary/aromatic N) is 5. The highest BCUT2D eigenvalue weighted by molar-refractivity contribution is 5.42. The Morgan fingerprint density at radius 3 is 2.80 bits per heavy atom. The predicted molar refractivity (Wildman–Crippen MR) is 72.4 cm³/mol. The van der Waals surface area contributed by atoms with Crippen LogP contribution in [0.1, 0.15) is 26.6 Å². The molecule has 0 atom stereocenters. The van der Waals surface area contributed by atoms with Crippen LogP contribution in [0.4, 0.5) is 5.69 Å². The molecular weight excluding hydrogens is 260 g/mol. The van der Waals surface area contributed by atoms with Crippen LogP contribution in [0.15, 0.2) is 24.3 Å². The van der Waals surface area contributed by atoms with Gasteiger partial charge < -0.3 is 5.32 Å². The normalized spacial score (nSPS) is 11.6. The van der Waals surface area contributed by atoms with E-state index in [4.69, 9.17) is 0 Å². The molecule has 0 spiro atoms. The first-order chi connectivity index (χ1) is 9.37. The maximum absolute atomic E-state index is 10.8. The summed E-state index contributed by atoms with van der Waals surface area (Å²) in [6.45, 7) is 6.58. The summed E-state index contributed by atoms with van der Waals surface area (Å²) in [6, 6.07) is 6.21. The van der Waals surface area contributed by atoms with Gasteiger partial charge in [0.1, 0.15) is 0 Å². The zero-order valence-electron chi connectivity index (χ0n) is 11.6. The second-order valence-corrected chi connectivity index (χ2v) is 5.39. The van der Waals surface area contributed by atoms with Crippen LogP contribution in [0.5, 0.6) is 0 Å². The van der Waals surface area contributed by atoms with Crippen molar-refractivity contribution in [1.82, 2.24) is 25.5 Å². The quantitative estimate of drug-likeness (QED) is 0.670. The van der Waals surface area contributed by atoms with Crippen LogP contribution < -0.4 is 5.32 Å². The Kier molecular flexibility index (Phi) is 3.75. The van der Waals surface area contributed by atoms with Crippen LogP contribution in [0.3, 0.4) is 0 Å². The highest BCUT2D eigenvalue weighted by atomic mass is 16.6. The van der Waals surface area contributed by atoms with E-state index in [0.29, 0.717) is 18.1 Å². The molecule has 0 unspecified atom stereocenters. The van der Waals surface area contributed by atoms with Gasteiger partial charge in [-0.05, 0) is 37.3 Å². The maximum Gasteiger partial charge on any atom is 0.271 e. The molecule has 0 aliphatic heterocycles. The minimum Gasteiger partial charge on any atom is -0.305 e. The average Bonchev–Trinajstić information content (AvgIpc) is 2.84. The van der Waals surface area contributed by atoms with E-state index < -0.39 is 4.92 Å². The highest BCUT2D eigenvalue weighted by Gasteiger charge is 2.15. The molecule has 0 aliphatic carbocycles. The van der Waals surface area contributed by atoms with Crippen molar-refractivity contribution in [3.8, 4) is 5.69 Å². The number of non-ortho nitro benzene ring substituents is 1. The molecular formula is C12H16N6O2. The Labute approximate surface area is 115 Å². The number of benzene rings is 1. The largest absolute Gasteiger partial charge is 0.305 e. The molecule has 0 fully saturated rings. The van der Waals surface area contributed by atoms with E-state index in [-0.39, 0.29) is 11.2 Å². The second-order valence-electron chi connectivity index (χ2n) is 5.39. The Morgan fingerprint density at radius 2 is 2.15 bits per heavy atom. The number of nitro benzene ring substituents is 1. The highest BCUT2D eigenvalue weighted by Crippen LogP contribution is 2.16. The number of tetrazole rings is 1. The summed E-state index contributed by atoms with van der Waals surface area (Å²) in [5.74, 6) is 0.598. The van der Waals surface area contributed by atoms with Crippen molar-refractivity contribution in [2.24, 2.45) is 0 Å². The molecule has 0 radical (unpaired) electrons. The van der Waals surface area contributed by atoms with Gasteiger partial charge in [0.25, 0.3) is 5.69 Å². The van der Waals surface area contributed by atoms with Crippen molar-refractivity contribution in [1.29, 1.82) is 0 Å². The lowest BCUT2D eigenvalue weighted by Gasteiger charge is -2.19. The van der Waals surface area contributed by atoms with Gasteiger partial charge >= 0.3 is 0 Å². The van der Waals surface area contributed by atoms with Crippen molar-refractivity contribution in [3.05, 3.63) is 40.2 Å². The molecule has 8 heteroatoms. The number of rotatable bonds is 4. The van der Waals surface area contributed by atoms with Crippen molar-refractivity contribution in [2.45, 2.75) is 32.9 Å². The summed E-state index contributed by atoms with van der Waals surface area (Å²) in [6.07, 6.45) is 0. The van der Waals surface area contributed by atoms with Crippen LogP contribution in [0, 0.1) is 10.1 Å². The monoisotopic (exact) mass is 276 g/mol. The second kappa shape index (κ2) is 5.33. The lowest BCUT2D eigenvalue weighted by Crippen LogP contribution is -2.35. The van der Waals surface area contributed by atoms with E-state index in [1.807, 2.05) is 20.8 Å². The van der Waals surface area contributed by atoms with Gasteiger partial charge in [-0.3, -0.25) is 10.1 Å². The van der Waals surface area contributed by atoms with E-state index in [0.717, 1.165) is 0 Å². The van der Waals surface area contributed by atoms with Gasteiger partial charge in [0, 0.05) is 17.7 Å². The molecule has 106 valence electrons. The molecule has 20 heavy (non-hydrogen) atoms. The summed E-state index contributed by atoms with van der Waals surface area (Å²) in [5, 5.41) is 25.5. The van der Waals surface area contributed by atoms with E-state index >= 15 is 0 Å². The van der Waals surface area contributed by atoms with Crippen molar-refractivity contribution in [2.75, 3.05) is 0 Å². The van der Waals surface area contributed by atoms with Crippen molar-refractivity contribution >= 4 is 5.69 Å². The van der Waals surface area contributed by atoms with Crippen LogP contribution in [0.2, 0.25) is 0 Å². The van der Waals surface area contributed by atoms with Gasteiger partial charge in [-0.15, -0.1) is 5.10 Å². The van der Waals surface area contributed by atoms with E-state index in [2.05, 4.69) is 20.8 Å². The van der Waals surface area contributed by atoms with Crippen LogP contribution in [-0.4, -0.2) is 30.7 Å². The molecule has 1 aromatic heterocycles. The fraction of sp³-hybridized carbons (Fsp3) is 0.417. The van der Waals surface area contributed by atoms with Gasteiger partial charge in [-0.1, -0.05) is 6.07 Å². The van der Waals surface area contributed by atoms with E-state index in [1.54, 1.807) is 12.1 Å². The molecule has 0 saturated carbocycles. The zero-order chi connectivity index (χ0) is 14.8. The van der Waals surface area contributed by atoms with Gasteiger partial charge in [0.15, 0.2) is 5.82 Å². The Balaban J connectivity index is 2.28. The number of aromatic nitrogens is 4. The van der Waals surface area contributed by atoms with E-state index in [1.165, 1.54) is 16.8 Å². The van der Waals surface area contributed by atoms with Crippen molar-refractivity contribution < 1.29 is 4.92 Å². The number of hydrogen-bond acceptors (Lipinski definition) is 6. The summed E-state index contributed by atoms with van der Waals surface area (Å²) in [4.78, 5) is 10.4. The SMILES string of the molecule is CC(C)(C)NCc1nnnn1-c1cccc([N+](=O)[O-])c1. The molecule has 0 amide bonds. The molecule has 0 saturated heterocycles. The summed E-state index contributed by atoms with van der Waals surface area (Å²) >= 11 is 0. The standard InChI is InChI=1S/C12H16N6O2/c1-12(2,3)13-8-11-14-15-16-17(11)9-5-4-6-10(7-9)18(19)20/h4-7,13H,8H2,1-3H3. The van der Waals surface area contributed by atoms with Crippen LogP contribution >= 0.6 is 0 Å². The summed E-state index contributed by atoms with van der Waals surface area (Å²) < 4.78 is 1.49. The maximum atomic E-state index is 10.8. The van der Waals surface area contributed by atoms with Gasteiger partial charge in [0.05, 0.1) is 17.2 Å². The smallest absolute Gasteiger partial charge is 0.271 e. The summed E-state index contributed by atoms with van der Waals surface area (Å²) in [5.41, 5.74) is 0.502. The average molecular weight is 276 g/mol. The third-order valence-corrected chi connectivity index (χ3v) is 2.60. The molecule has 8 nitrogen and oxygen atoms in total. The Bertz CT molecular complexity index is 616. The number of nitrogens with one attached hydrogen (secondary N) is 1. The lowest BCUT2D eigenvalue weighted by molar-refractivity contribution is -0.384. The zero-order valence-corrected chi connectivity index (χ0v) is 11.6. The van der Waals surface area contributed by atoms with E-state index in [9.17, 15) is 10.1 Å². The molecule has 2 rings (SSSR count). The lowest BCUT2D eigenvalue weighted by atomic mass is 10.1. The molecule has 2 aromatic rings. The molecule has 1 heterocycles. The van der Waals surface area contributed by atoms with Crippen LogP contribution in [0.25, 0.3) is 5.69 Å². The third kappa shape index (κ3) is 3.35. The molecule has 0 aliphatic rings. The predicted octanol–water partition coefficient (Wildman–Crippen LogP) is 1.46.